The Balaban J connectivity index is 1.62. The van der Waals surface area contributed by atoms with E-state index in [9.17, 15) is 14.9 Å². The van der Waals surface area contributed by atoms with Gasteiger partial charge in [-0.15, -0.1) is 11.8 Å². The number of nitro benzene ring substituents is 1. The number of hydrogen-bond donors (Lipinski definition) is 1. The molecule has 1 N–H and O–H groups in total. The Morgan fingerprint density at radius 3 is 2.79 bits per heavy atom. The number of carbonyl (C=O) groups excluding carboxylic acids is 1. The maximum Gasteiger partial charge on any atom is 0.269 e. The van der Waals surface area contributed by atoms with Gasteiger partial charge in [0.1, 0.15) is 11.2 Å². The molecule has 24 heavy (non-hydrogen) atoms. The first-order valence-electron chi connectivity index (χ1n) is 8.05. The van der Waals surface area contributed by atoms with E-state index in [1.807, 2.05) is 0 Å². The van der Waals surface area contributed by atoms with Crippen molar-refractivity contribution < 1.29 is 9.72 Å². The second-order valence-corrected chi connectivity index (χ2v) is 7.76. The molecule has 0 spiro atoms. The Labute approximate surface area is 143 Å². The number of rotatable bonds is 2. The van der Waals surface area contributed by atoms with Crippen molar-refractivity contribution in [1.82, 2.24) is 5.32 Å². The van der Waals surface area contributed by atoms with E-state index in [4.69, 9.17) is 4.99 Å². The number of nitrogens with one attached hydrogen (secondary N) is 1. The zero-order valence-electron chi connectivity index (χ0n) is 13.2. The molecule has 3 aliphatic rings. The first-order valence-corrected chi connectivity index (χ1v) is 8.93. The third-order valence-electron chi connectivity index (χ3n) is 4.85. The second kappa shape index (κ2) is 5.73. The quantitative estimate of drug-likeness (QED) is 0.660. The number of nitro groups is 1. The summed E-state index contributed by atoms with van der Waals surface area (Å²) in [5.41, 5.74) is 2.00. The predicted octanol–water partition coefficient (Wildman–Crippen LogP) is 3.23. The summed E-state index contributed by atoms with van der Waals surface area (Å²) in [6.45, 7) is 2.25. The fraction of sp³-hybridized carbons (Fsp3) is 0.412. The molecular weight excluding hydrogens is 326 g/mol. The number of amides is 1. The summed E-state index contributed by atoms with van der Waals surface area (Å²) in [4.78, 5) is 29.0. The molecule has 124 valence electrons. The van der Waals surface area contributed by atoms with Gasteiger partial charge in [0.05, 0.1) is 10.8 Å². The normalized spacial score (nSPS) is 28.8. The van der Waals surface area contributed by atoms with Crippen molar-refractivity contribution in [3.63, 3.8) is 0 Å². The van der Waals surface area contributed by atoms with E-state index in [0.29, 0.717) is 17.3 Å². The van der Waals surface area contributed by atoms with Crippen LogP contribution in [0.5, 0.6) is 0 Å². The number of amidine groups is 1. The molecule has 6 nitrogen and oxygen atoms in total. The molecule has 0 saturated heterocycles. The Hall–Kier alpha value is -2.15. The van der Waals surface area contributed by atoms with Crippen LogP contribution in [0.25, 0.3) is 0 Å². The number of allylic oxidation sites excluding steroid dienone is 1. The molecule has 0 saturated carbocycles. The Morgan fingerprint density at radius 2 is 2.08 bits per heavy atom. The largest absolute Gasteiger partial charge is 0.310 e. The molecule has 1 amide bonds. The molecule has 3 atom stereocenters. The van der Waals surface area contributed by atoms with Crippen molar-refractivity contribution >= 4 is 29.2 Å². The lowest BCUT2D eigenvalue weighted by Crippen LogP contribution is -2.44. The predicted molar refractivity (Wildman–Crippen MR) is 92.7 cm³/mol. The summed E-state index contributed by atoms with van der Waals surface area (Å²) in [5.74, 6) is 1.02. The van der Waals surface area contributed by atoms with E-state index in [-0.39, 0.29) is 22.9 Å². The summed E-state index contributed by atoms with van der Waals surface area (Å²) < 4.78 is 0. The molecule has 0 bridgehead atoms. The molecule has 2 aliphatic heterocycles. The summed E-state index contributed by atoms with van der Waals surface area (Å²) >= 11 is 1.72. The molecule has 7 heteroatoms. The van der Waals surface area contributed by atoms with Gasteiger partial charge in [-0.3, -0.25) is 19.9 Å². The minimum atomic E-state index is -0.437. The molecule has 0 fully saturated rings. The molecule has 2 heterocycles. The van der Waals surface area contributed by atoms with Crippen LogP contribution >= 0.6 is 11.8 Å². The summed E-state index contributed by atoms with van der Waals surface area (Å²) in [6.07, 6.45) is 3.16. The fourth-order valence-corrected chi connectivity index (χ4v) is 5.19. The maximum atomic E-state index is 12.6. The van der Waals surface area contributed by atoms with Gasteiger partial charge < -0.3 is 5.32 Å². The van der Waals surface area contributed by atoms with E-state index in [2.05, 4.69) is 12.2 Å². The van der Waals surface area contributed by atoms with Crippen molar-refractivity contribution in [3.05, 3.63) is 50.4 Å². The Kier molecular flexibility index (Phi) is 3.68. The van der Waals surface area contributed by atoms with Gasteiger partial charge in [0.15, 0.2) is 0 Å². The number of non-ortho nitro benzene ring substituents is 1. The zero-order chi connectivity index (χ0) is 16.8. The van der Waals surface area contributed by atoms with E-state index >= 15 is 0 Å². The highest BCUT2D eigenvalue weighted by Gasteiger charge is 2.44. The lowest BCUT2D eigenvalue weighted by molar-refractivity contribution is -0.384. The lowest BCUT2D eigenvalue weighted by atomic mass is 9.84. The monoisotopic (exact) mass is 343 g/mol. The van der Waals surface area contributed by atoms with Crippen LogP contribution in [0.4, 0.5) is 5.69 Å². The van der Waals surface area contributed by atoms with Gasteiger partial charge in [-0.2, -0.15) is 0 Å². The van der Waals surface area contributed by atoms with Gasteiger partial charge in [0, 0.05) is 17.7 Å². The average molecular weight is 343 g/mol. The van der Waals surface area contributed by atoms with E-state index in [0.717, 1.165) is 19.3 Å². The van der Waals surface area contributed by atoms with Gasteiger partial charge in [-0.05, 0) is 47.8 Å². The van der Waals surface area contributed by atoms with Gasteiger partial charge in [-0.25, -0.2) is 0 Å². The molecule has 4 rings (SSSR count). The van der Waals surface area contributed by atoms with Gasteiger partial charge in [-0.1, -0.05) is 6.92 Å². The smallest absolute Gasteiger partial charge is 0.269 e. The van der Waals surface area contributed by atoms with Gasteiger partial charge >= 0.3 is 0 Å². The number of benzene rings is 1. The molecule has 1 aromatic carbocycles. The zero-order valence-corrected chi connectivity index (χ0v) is 14.0. The molecular formula is C17H17N3O3S. The van der Waals surface area contributed by atoms with Gasteiger partial charge in [0.2, 0.25) is 5.91 Å². The van der Waals surface area contributed by atoms with E-state index < -0.39 is 4.92 Å². The number of carbonyl (C=O) groups is 1. The highest BCUT2D eigenvalue weighted by Crippen LogP contribution is 2.51. The summed E-state index contributed by atoms with van der Waals surface area (Å²) in [6, 6.07) is 6.13. The molecule has 1 aliphatic carbocycles. The lowest BCUT2D eigenvalue weighted by Gasteiger charge is -2.26. The topological polar surface area (TPSA) is 84.6 Å². The van der Waals surface area contributed by atoms with Crippen LogP contribution < -0.4 is 5.32 Å². The van der Waals surface area contributed by atoms with Gasteiger partial charge in [0.25, 0.3) is 5.69 Å². The van der Waals surface area contributed by atoms with Crippen LogP contribution in [0.15, 0.2) is 39.7 Å². The third-order valence-corrected chi connectivity index (χ3v) is 6.19. The minimum Gasteiger partial charge on any atom is -0.310 e. The third kappa shape index (κ3) is 2.53. The van der Waals surface area contributed by atoms with Crippen LogP contribution in [-0.4, -0.2) is 22.0 Å². The molecule has 1 aromatic rings. The fourth-order valence-electron chi connectivity index (χ4n) is 3.56. The van der Waals surface area contributed by atoms with Crippen molar-refractivity contribution in [2.75, 3.05) is 0 Å². The van der Waals surface area contributed by atoms with Crippen molar-refractivity contribution in [2.24, 2.45) is 16.8 Å². The van der Waals surface area contributed by atoms with Crippen LogP contribution in [0.3, 0.4) is 0 Å². The van der Waals surface area contributed by atoms with Crippen molar-refractivity contribution in [1.29, 1.82) is 0 Å². The molecule has 0 aromatic heterocycles. The minimum absolute atomic E-state index is 0.00425. The van der Waals surface area contributed by atoms with E-state index in [1.165, 1.54) is 22.6 Å². The standard InChI is InChI=1S/C17H17N3O3S/c1-9-2-7-12-13(8-9)24-17-14(12)16(21)18-15(19-17)10-3-5-11(6-4-10)20(22)23/h3-6,9,14,17H,2,7-8H2,1H3,(H,18,19,21)/t9-,14+,17+/m1/s1. The van der Waals surface area contributed by atoms with Crippen LogP contribution in [0.2, 0.25) is 0 Å². The van der Waals surface area contributed by atoms with Crippen LogP contribution in [0, 0.1) is 22.0 Å². The van der Waals surface area contributed by atoms with Crippen LogP contribution in [0.1, 0.15) is 31.7 Å². The highest BCUT2D eigenvalue weighted by atomic mass is 32.2. The second-order valence-electron chi connectivity index (χ2n) is 6.55. The molecule has 0 unspecified atom stereocenters. The SMILES string of the molecule is C[C@@H]1CCC2=C(C1)S[C@@H]1N=C(c3ccc([N+](=O)[O-])cc3)NC(=O)[C@H]21. The summed E-state index contributed by atoms with van der Waals surface area (Å²) in [5, 5.41) is 13.6. The number of thioether (sulfide) groups is 1. The van der Waals surface area contributed by atoms with Crippen molar-refractivity contribution in [2.45, 2.75) is 31.6 Å². The number of aliphatic imine (C=N–C) groups is 1. The Morgan fingerprint density at radius 1 is 1.33 bits per heavy atom. The van der Waals surface area contributed by atoms with Crippen LogP contribution in [-0.2, 0) is 4.79 Å². The molecule has 0 radical (unpaired) electrons. The Bertz CT molecular complexity index is 785. The number of hydrogen-bond acceptors (Lipinski definition) is 5. The first-order chi connectivity index (χ1) is 11.5. The van der Waals surface area contributed by atoms with E-state index in [1.54, 1.807) is 23.9 Å². The summed E-state index contributed by atoms with van der Waals surface area (Å²) in [7, 11) is 0. The average Bonchev–Trinajstić information content (AvgIpc) is 2.92. The maximum absolute atomic E-state index is 12.6. The number of nitrogens with zero attached hydrogens (tertiary/aromatic N) is 2. The van der Waals surface area contributed by atoms with Crippen molar-refractivity contribution in [3.8, 4) is 0 Å². The first kappa shape index (κ1) is 15.4. The highest BCUT2D eigenvalue weighted by molar-refractivity contribution is 8.04. The number of fused-ring (bicyclic) bond motifs is 2.